The fourth-order valence-electron chi connectivity index (χ4n) is 3.18. The smallest absolute Gasteiger partial charge is 0.108 e. The molecule has 0 bridgehead atoms. The molecule has 3 unspecified atom stereocenters. The first kappa shape index (κ1) is 14.6. The average Bonchev–Trinajstić information content (AvgIpc) is 2.86. The largest absolute Gasteiger partial charge is 0.399 e. The van der Waals surface area contributed by atoms with E-state index in [4.69, 9.17) is 5.73 Å². The molecule has 1 aromatic heterocycles. The number of H-pyrrole nitrogens is 1. The van der Waals surface area contributed by atoms with Gasteiger partial charge in [0.1, 0.15) is 5.82 Å². The van der Waals surface area contributed by atoms with Crippen LogP contribution in [0.3, 0.4) is 0 Å². The summed E-state index contributed by atoms with van der Waals surface area (Å²) in [6.07, 6.45) is 5.49. The highest BCUT2D eigenvalue weighted by Crippen LogP contribution is 2.27. The summed E-state index contributed by atoms with van der Waals surface area (Å²) in [5, 5.41) is 0.383. The summed E-state index contributed by atoms with van der Waals surface area (Å²) in [5.41, 5.74) is 8.39. The van der Waals surface area contributed by atoms with E-state index in [-0.39, 0.29) is 0 Å². The molecule has 4 nitrogen and oxygen atoms in total. The molecule has 1 saturated carbocycles. The van der Waals surface area contributed by atoms with Crippen LogP contribution in [-0.2, 0) is 17.2 Å². The van der Waals surface area contributed by atoms with Gasteiger partial charge in [0.05, 0.1) is 11.0 Å². The van der Waals surface area contributed by atoms with Crippen molar-refractivity contribution in [2.24, 2.45) is 5.92 Å². The molecule has 114 valence electrons. The molecule has 1 heterocycles. The molecule has 21 heavy (non-hydrogen) atoms. The number of rotatable bonds is 4. The third-order valence-electron chi connectivity index (χ3n) is 4.36. The average molecular weight is 305 g/mol. The number of nitrogens with one attached hydrogen (secondary N) is 1. The van der Waals surface area contributed by atoms with Gasteiger partial charge in [-0.2, -0.15) is 0 Å². The van der Waals surface area contributed by atoms with Crippen molar-refractivity contribution >= 4 is 27.5 Å². The van der Waals surface area contributed by atoms with Crippen molar-refractivity contribution in [2.45, 2.75) is 44.3 Å². The third kappa shape index (κ3) is 3.46. The van der Waals surface area contributed by atoms with Crippen molar-refractivity contribution in [1.82, 2.24) is 9.97 Å². The summed E-state index contributed by atoms with van der Waals surface area (Å²) in [6.45, 7) is 2.27. The number of imidazole rings is 1. The predicted molar refractivity (Wildman–Crippen MR) is 88.6 cm³/mol. The number of fused-ring (bicyclic) bond motifs is 1. The minimum atomic E-state index is -0.738. The molecule has 0 amide bonds. The van der Waals surface area contributed by atoms with E-state index in [2.05, 4.69) is 16.9 Å². The maximum absolute atomic E-state index is 12.4. The van der Waals surface area contributed by atoms with Gasteiger partial charge in [0.25, 0.3) is 0 Å². The Balaban J connectivity index is 1.61. The maximum atomic E-state index is 12.4. The van der Waals surface area contributed by atoms with Crippen LogP contribution in [-0.4, -0.2) is 25.2 Å². The van der Waals surface area contributed by atoms with Crippen LogP contribution in [0.2, 0.25) is 0 Å². The lowest BCUT2D eigenvalue weighted by Gasteiger charge is -2.25. The molecule has 1 aliphatic carbocycles. The van der Waals surface area contributed by atoms with Crippen molar-refractivity contribution in [3.63, 3.8) is 0 Å². The topological polar surface area (TPSA) is 71.8 Å². The minimum absolute atomic E-state index is 0.383. The Bertz CT molecular complexity index is 652. The van der Waals surface area contributed by atoms with Crippen molar-refractivity contribution < 1.29 is 4.21 Å². The molecule has 3 atom stereocenters. The number of nitrogen functional groups attached to an aromatic ring is 1. The molecule has 3 N–H and O–H groups in total. The van der Waals surface area contributed by atoms with Crippen LogP contribution in [0.5, 0.6) is 0 Å². The zero-order chi connectivity index (χ0) is 14.8. The first-order valence-electron chi connectivity index (χ1n) is 7.73. The molecule has 1 fully saturated rings. The molecule has 0 radical (unpaired) electrons. The SMILES string of the molecule is CC1CCCC(S(=O)CCc2nc3ccc(N)cc3[nH]2)C1. The van der Waals surface area contributed by atoms with Crippen LogP contribution in [0.4, 0.5) is 5.69 Å². The van der Waals surface area contributed by atoms with E-state index in [1.54, 1.807) is 0 Å². The summed E-state index contributed by atoms with van der Waals surface area (Å²) >= 11 is 0. The van der Waals surface area contributed by atoms with Gasteiger partial charge < -0.3 is 10.7 Å². The Labute approximate surface area is 128 Å². The fraction of sp³-hybridized carbons (Fsp3) is 0.562. The van der Waals surface area contributed by atoms with Gasteiger partial charge in [-0.25, -0.2) is 4.98 Å². The fourth-order valence-corrected chi connectivity index (χ4v) is 4.88. The quantitative estimate of drug-likeness (QED) is 0.853. The third-order valence-corrected chi connectivity index (χ3v) is 6.13. The van der Waals surface area contributed by atoms with E-state index in [1.165, 1.54) is 12.8 Å². The number of nitrogens with two attached hydrogens (primary N) is 1. The Morgan fingerprint density at radius 3 is 3.10 bits per heavy atom. The Hall–Kier alpha value is -1.36. The summed E-state index contributed by atoms with van der Waals surface area (Å²) in [4.78, 5) is 7.82. The lowest BCUT2D eigenvalue weighted by Crippen LogP contribution is -2.25. The summed E-state index contributed by atoms with van der Waals surface area (Å²) < 4.78 is 12.4. The second-order valence-corrected chi connectivity index (χ2v) is 8.03. The van der Waals surface area contributed by atoms with Crippen LogP contribution >= 0.6 is 0 Å². The van der Waals surface area contributed by atoms with E-state index in [0.717, 1.165) is 47.7 Å². The van der Waals surface area contributed by atoms with Crippen LogP contribution < -0.4 is 5.73 Å². The minimum Gasteiger partial charge on any atom is -0.399 e. The Morgan fingerprint density at radius 2 is 2.29 bits per heavy atom. The zero-order valence-electron chi connectivity index (χ0n) is 12.5. The number of aryl methyl sites for hydroxylation is 1. The predicted octanol–water partition coefficient (Wildman–Crippen LogP) is 3.02. The molecule has 0 saturated heterocycles. The van der Waals surface area contributed by atoms with Gasteiger partial charge in [0, 0.05) is 33.9 Å². The second kappa shape index (κ2) is 6.18. The maximum Gasteiger partial charge on any atom is 0.108 e. The van der Waals surface area contributed by atoms with Gasteiger partial charge in [-0.05, 0) is 37.0 Å². The molecule has 0 aliphatic heterocycles. The van der Waals surface area contributed by atoms with Gasteiger partial charge in [-0.15, -0.1) is 0 Å². The number of anilines is 1. The standard InChI is InChI=1S/C16H23N3OS/c1-11-3-2-4-13(9-11)21(20)8-7-16-18-14-6-5-12(17)10-15(14)19-16/h5-6,10-11,13H,2-4,7-9,17H2,1H3,(H,18,19). The monoisotopic (exact) mass is 305 g/mol. The first-order chi connectivity index (χ1) is 10.1. The highest BCUT2D eigenvalue weighted by molar-refractivity contribution is 7.85. The lowest BCUT2D eigenvalue weighted by molar-refractivity contribution is 0.389. The lowest BCUT2D eigenvalue weighted by atomic mass is 9.91. The summed E-state index contributed by atoms with van der Waals surface area (Å²) in [5.74, 6) is 2.34. The van der Waals surface area contributed by atoms with Crippen LogP contribution in [0.25, 0.3) is 11.0 Å². The number of nitrogens with zero attached hydrogens (tertiary/aromatic N) is 1. The summed E-state index contributed by atoms with van der Waals surface area (Å²) in [7, 11) is -0.738. The van der Waals surface area contributed by atoms with E-state index in [9.17, 15) is 4.21 Å². The van der Waals surface area contributed by atoms with Crippen molar-refractivity contribution in [3.05, 3.63) is 24.0 Å². The highest BCUT2D eigenvalue weighted by atomic mass is 32.2. The molecule has 1 aliphatic rings. The van der Waals surface area contributed by atoms with Crippen LogP contribution in [0, 0.1) is 5.92 Å². The summed E-state index contributed by atoms with van der Waals surface area (Å²) in [6, 6.07) is 5.67. The van der Waals surface area contributed by atoms with Crippen LogP contribution in [0.1, 0.15) is 38.4 Å². The first-order valence-corrected chi connectivity index (χ1v) is 9.11. The molecular weight excluding hydrogens is 282 g/mol. The molecule has 3 rings (SSSR count). The molecular formula is C16H23N3OS. The second-order valence-electron chi connectivity index (χ2n) is 6.19. The van der Waals surface area contributed by atoms with E-state index in [0.29, 0.717) is 11.0 Å². The van der Waals surface area contributed by atoms with Crippen LogP contribution in [0.15, 0.2) is 18.2 Å². The normalized spacial score (nSPS) is 24.2. The molecule has 5 heteroatoms. The number of aromatic amines is 1. The number of hydrogen-bond donors (Lipinski definition) is 2. The molecule has 0 spiro atoms. The Morgan fingerprint density at radius 1 is 1.43 bits per heavy atom. The van der Waals surface area contributed by atoms with Crippen molar-refractivity contribution in [2.75, 3.05) is 11.5 Å². The van der Waals surface area contributed by atoms with Crippen molar-refractivity contribution in [1.29, 1.82) is 0 Å². The van der Waals surface area contributed by atoms with Gasteiger partial charge >= 0.3 is 0 Å². The van der Waals surface area contributed by atoms with Gasteiger partial charge in [0.15, 0.2) is 0 Å². The number of aromatic nitrogens is 2. The van der Waals surface area contributed by atoms with Gasteiger partial charge in [0.2, 0.25) is 0 Å². The van der Waals surface area contributed by atoms with Crippen molar-refractivity contribution in [3.8, 4) is 0 Å². The highest BCUT2D eigenvalue weighted by Gasteiger charge is 2.23. The Kier molecular flexibility index (Phi) is 4.29. The van der Waals surface area contributed by atoms with Gasteiger partial charge in [-0.1, -0.05) is 19.8 Å². The van der Waals surface area contributed by atoms with E-state index >= 15 is 0 Å². The molecule has 1 aromatic carbocycles. The molecule has 2 aromatic rings. The number of hydrogen-bond acceptors (Lipinski definition) is 3. The van der Waals surface area contributed by atoms with E-state index in [1.807, 2.05) is 18.2 Å². The van der Waals surface area contributed by atoms with E-state index < -0.39 is 10.8 Å². The zero-order valence-corrected chi connectivity index (χ0v) is 13.3. The van der Waals surface area contributed by atoms with Gasteiger partial charge in [-0.3, -0.25) is 4.21 Å². The number of benzene rings is 1.